The first-order valence-corrected chi connectivity index (χ1v) is 6.01. The summed E-state index contributed by atoms with van der Waals surface area (Å²) in [5, 5.41) is 8.75. The van der Waals surface area contributed by atoms with Crippen molar-refractivity contribution in [3.63, 3.8) is 0 Å². The third-order valence-electron chi connectivity index (χ3n) is 3.03. The molecule has 1 N–H and O–H groups in total. The first-order valence-electron chi connectivity index (χ1n) is 6.01. The molecule has 0 heterocycles. The van der Waals surface area contributed by atoms with E-state index in [4.69, 9.17) is 5.11 Å². The predicted molar refractivity (Wildman–Crippen MR) is 69.1 cm³/mol. The topological polar surface area (TPSA) is 40.5 Å². The largest absolute Gasteiger partial charge is 0.481 e. The van der Waals surface area contributed by atoms with E-state index in [0.29, 0.717) is 6.42 Å². The Morgan fingerprint density at radius 1 is 1.29 bits per heavy atom. The van der Waals surface area contributed by atoms with Crippen LogP contribution in [0.1, 0.15) is 36.9 Å². The third-order valence-corrected chi connectivity index (χ3v) is 3.03. The summed E-state index contributed by atoms with van der Waals surface area (Å²) in [6.07, 6.45) is 1.88. The molecule has 0 aliphatic carbocycles. The van der Waals surface area contributed by atoms with E-state index in [2.05, 4.69) is 36.1 Å². The fraction of sp³-hybridized carbons (Fsp3) is 0.500. The molecule has 0 aliphatic rings. The lowest BCUT2D eigenvalue weighted by Gasteiger charge is -2.24. The molecule has 0 radical (unpaired) electrons. The van der Waals surface area contributed by atoms with E-state index in [-0.39, 0.29) is 12.5 Å². The SMILES string of the molecule is CCc1ccc(C(CCC(=O)O)N(C)C)cc1. The Balaban J connectivity index is 2.78. The van der Waals surface area contributed by atoms with Crippen LogP contribution in [0.3, 0.4) is 0 Å². The number of aliphatic carboxylic acids is 1. The van der Waals surface area contributed by atoms with Gasteiger partial charge in [0.25, 0.3) is 0 Å². The van der Waals surface area contributed by atoms with Crippen LogP contribution in [0.25, 0.3) is 0 Å². The lowest BCUT2D eigenvalue weighted by molar-refractivity contribution is -0.137. The molecule has 0 aliphatic heterocycles. The van der Waals surface area contributed by atoms with Crippen LogP contribution in [-0.2, 0) is 11.2 Å². The minimum atomic E-state index is -0.734. The molecule has 1 aromatic rings. The van der Waals surface area contributed by atoms with Crippen molar-refractivity contribution in [3.8, 4) is 0 Å². The first-order chi connectivity index (χ1) is 8.04. The maximum absolute atomic E-state index is 10.6. The summed E-state index contributed by atoms with van der Waals surface area (Å²) >= 11 is 0. The first kappa shape index (κ1) is 13.7. The highest BCUT2D eigenvalue weighted by molar-refractivity contribution is 5.66. The summed E-state index contributed by atoms with van der Waals surface area (Å²) in [4.78, 5) is 12.7. The van der Waals surface area contributed by atoms with Crippen molar-refractivity contribution in [1.29, 1.82) is 0 Å². The molecule has 0 fully saturated rings. The van der Waals surface area contributed by atoms with Crippen LogP contribution in [0.4, 0.5) is 0 Å². The van der Waals surface area contributed by atoms with Crippen molar-refractivity contribution < 1.29 is 9.90 Å². The highest BCUT2D eigenvalue weighted by Crippen LogP contribution is 2.23. The average Bonchev–Trinajstić information content (AvgIpc) is 2.29. The molecule has 0 bridgehead atoms. The van der Waals surface area contributed by atoms with Crippen molar-refractivity contribution in [2.45, 2.75) is 32.2 Å². The van der Waals surface area contributed by atoms with E-state index in [0.717, 1.165) is 6.42 Å². The molecule has 17 heavy (non-hydrogen) atoms. The van der Waals surface area contributed by atoms with Gasteiger partial charge in [-0.05, 0) is 38.1 Å². The number of carboxylic acid groups (broad SMARTS) is 1. The highest BCUT2D eigenvalue weighted by Gasteiger charge is 2.15. The fourth-order valence-corrected chi connectivity index (χ4v) is 1.96. The molecule has 3 heteroatoms. The van der Waals surface area contributed by atoms with Crippen molar-refractivity contribution in [3.05, 3.63) is 35.4 Å². The number of rotatable bonds is 6. The Morgan fingerprint density at radius 3 is 2.29 bits per heavy atom. The maximum Gasteiger partial charge on any atom is 0.303 e. The molecule has 0 spiro atoms. The van der Waals surface area contributed by atoms with Crippen LogP contribution in [-0.4, -0.2) is 30.1 Å². The summed E-state index contributed by atoms with van der Waals surface area (Å²) in [6, 6.07) is 8.62. The van der Waals surface area contributed by atoms with Gasteiger partial charge in [-0.15, -0.1) is 0 Å². The Hall–Kier alpha value is -1.35. The normalized spacial score (nSPS) is 12.7. The Kier molecular flexibility index (Phi) is 5.16. The van der Waals surface area contributed by atoms with Crippen LogP contribution in [0, 0.1) is 0 Å². The van der Waals surface area contributed by atoms with Crippen LogP contribution in [0.5, 0.6) is 0 Å². The number of carboxylic acids is 1. The van der Waals surface area contributed by atoms with Gasteiger partial charge in [0.05, 0.1) is 0 Å². The minimum Gasteiger partial charge on any atom is -0.481 e. The van der Waals surface area contributed by atoms with Crippen LogP contribution < -0.4 is 0 Å². The van der Waals surface area contributed by atoms with E-state index in [9.17, 15) is 4.79 Å². The second-order valence-electron chi connectivity index (χ2n) is 4.51. The minimum absolute atomic E-state index is 0.178. The summed E-state index contributed by atoms with van der Waals surface area (Å²) in [5.74, 6) is -0.734. The zero-order valence-electron chi connectivity index (χ0n) is 10.8. The Labute approximate surface area is 103 Å². The summed E-state index contributed by atoms with van der Waals surface area (Å²) in [7, 11) is 3.97. The number of hydrogen-bond donors (Lipinski definition) is 1. The molecule has 1 rings (SSSR count). The zero-order valence-corrected chi connectivity index (χ0v) is 10.8. The zero-order chi connectivity index (χ0) is 12.8. The maximum atomic E-state index is 10.6. The van der Waals surface area contributed by atoms with Crippen molar-refractivity contribution in [1.82, 2.24) is 4.90 Å². The van der Waals surface area contributed by atoms with Crippen LogP contribution >= 0.6 is 0 Å². The summed E-state index contributed by atoms with van der Waals surface area (Å²) in [5.41, 5.74) is 2.50. The second-order valence-corrected chi connectivity index (χ2v) is 4.51. The van der Waals surface area contributed by atoms with Crippen molar-refractivity contribution in [2.75, 3.05) is 14.1 Å². The van der Waals surface area contributed by atoms with Crippen LogP contribution in [0.15, 0.2) is 24.3 Å². The molecule has 0 saturated carbocycles. The van der Waals surface area contributed by atoms with Crippen molar-refractivity contribution in [2.24, 2.45) is 0 Å². The summed E-state index contributed by atoms with van der Waals surface area (Å²) < 4.78 is 0. The molecule has 1 unspecified atom stereocenters. The van der Waals surface area contributed by atoms with Gasteiger partial charge in [0.1, 0.15) is 0 Å². The molecule has 0 saturated heterocycles. The number of carbonyl (C=O) groups is 1. The van der Waals surface area contributed by atoms with E-state index < -0.39 is 5.97 Å². The Bertz CT molecular complexity index is 357. The van der Waals surface area contributed by atoms with Gasteiger partial charge in [-0.1, -0.05) is 31.2 Å². The van der Waals surface area contributed by atoms with E-state index in [1.807, 2.05) is 14.1 Å². The van der Waals surface area contributed by atoms with Crippen molar-refractivity contribution >= 4 is 5.97 Å². The molecule has 3 nitrogen and oxygen atoms in total. The number of benzene rings is 1. The van der Waals surface area contributed by atoms with E-state index in [1.54, 1.807) is 0 Å². The second kappa shape index (κ2) is 6.40. The molecule has 1 atom stereocenters. The smallest absolute Gasteiger partial charge is 0.303 e. The molecular formula is C14H21NO2. The predicted octanol–water partition coefficient (Wildman–Crippen LogP) is 2.72. The molecule has 0 aromatic heterocycles. The lowest BCUT2D eigenvalue weighted by Crippen LogP contribution is -2.20. The van der Waals surface area contributed by atoms with Gasteiger partial charge in [-0.2, -0.15) is 0 Å². The Morgan fingerprint density at radius 2 is 1.88 bits per heavy atom. The molecule has 0 amide bonds. The number of nitrogens with zero attached hydrogens (tertiary/aromatic N) is 1. The van der Waals surface area contributed by atoms with Gasteiger partial charge in [-0.3, -0.25) is 4.79 Å². The van der Waals surface area contributed by atoms with E-state index >= 15 is 0 Å². The average molecular weight is 235 g/mol. The van der Waals surface area contributed by atoms with Crippen LogP contribution in [0.2, 0.25) is 0 Å². The molecule has 1 aromatic carbocycles. The highest BCUT2D eigenvalue weighted by atomic mass is 16.4. The standard InChI is InChI=1S/C14H21NO2/c1-4-11-5-7-12(8-6-11)13(15(2)3)9-10-14(16)17/h5-8,13H,4,9-10H2,1-3H3,(H,16,17). The lowest BCUT2D eigenvalue weighted by atomic mass is 9.99. The third kappa shape index (κ3) is 4.19. The van der Waals surface area contributed by atoms with Gasteiger partial charge < -0.3 is 10.0 Å². The van der Waals surface area contributed by atoms with Gasteiger partial charge in [0.2, 0.25) is 0 Å². The number of hydrogen-bond acceptors (Lipinski definition) is 2. The quantitative estimate of drug-likeness (QED) is 0.824. The molecule has 94 valence electrons. The summed E-state index contributed by atoms with van der Waals surface area (Å²) in [6.45, 7) is 2.13. The molecular weight excluding hydrogens is 214 g/mol. The van der Waals surface area contributed by atoms with Gasteiger partial charge in [-0.25, -0.2) is 0 Å². The van der Waals surface area contributed by atoms with E-state index in [1.165, 1.54) is 11.1 Å². The van der Waals surface area contributed by atoms with Gasteiger partial charge >= 0.3 is 5.97 Å². The monoisotopic (exact) mass is 235 g/mol. The van der Waals surface area contributed by atoms with Gasteiger partial charge in [0.15, 0.2) is 0 Å². The van der Waals surface area contributed by atoms with Gasteiger partial charge in [0, 0.05) is 12.5 Å². The fourth-order valence-electron chi connectivity index (χ4n) is 1.96. The number of aryl methyl sites for hydroxylation is 1.